The topological polar surface area (TPSA) is 3.24 Å². The fourth-order valence-corrected chi connectivity index (χ4v) is 1.48. The normalized spacial score (nSPS) is 9.57. The average molecular weight is 223 g/mol. The molecule has 0 N–H and O–H groups in total. The first-order valence-electron chi connectivity index (χ1n) is 4.32. The molecule has 3 heteroatoms. The van der Waals surface area contributed by atoms with Gasteiger partial charge in [0.05, 0.1) is 0 Å². The molecule has 0 aliphatic carbocycles. The number of hydrogen-bond acceptors (Lipinski definition) is 1. The molecule has 0 aromatic heterocycles. The summed E-state index contributed by atoms with van der Waals surface area (Å²) in [5.74, 6) is 0. The van der Waals surface area contributed by atoms with E-state index in [2.05, 4.69) is 25.3 Å². The van der Waals surface area contributed by atoms with Gasteiger partial charge in [-0.3, -0.25) is 0 Å². The lowest BCUT2D eigenvalue weighted by Crippen LogP contribution is -2.20. The van der Waals surface area contributed by atoms with Gasteiger partial charge in [0, 0.05) is 12.7 Å². The van der Waals surface area contributed by atoms with Crippen molar-refractivity contribution in [3.05, 3.63) is 42.5 Å². The van der Waals surface area contributed by atoms with Gasteiger partial charge >= 0.3 is 0 Å². The molecule has 0 fully saturated rings. The van der Waals surface area contributed by atoms with E-state index in [4.69, 9.17) is 12.2 Å². The molecule has 0 saturated carbocycles. The summed E-state index contributed by atoms with van der Waals surface area (Å²) in [6, 6.07) is 8.10. The monoisotopic (exact) mass is 223 g/mol. The van der Waals surface area contributed by atoms with Gasteiger partial charge in [-0.25, -0.2) is 0 Å². The SMILES string of the molecule is C=CCc1ccccc1N(C)C(=S)S. The van der Waals surface area contributed by atoms with Gasteiger partial charge in [-0.1, -0.05) is 36.5 Å². The van der Waals surface area contributed by atoms with Crippen LogP contribution in [0.25, 0.3) is 0 Å². The summed E-state index contributed by atoms with van der Waals surface area (Å²) in [6.45, 7) is 3.73. The Morgan fingerprint density at radius 3 is 2.79 bits per heavy atom. The Morgan fingerprint density at radius 2 is 2.21 bits per heavy atom. The van der Waals surface area contributed by atoms with E-state index in [1.165, 1.54) is 5.56 Å². The van der Waals surface area contributed by atoms with Crippen LogP contribution in [-0.4, -0.2) is 11.4 Å². The van der Waals surface area contributed by atoms with E-state index in [0.717, 1.165) is 12.1 Å². The number of thiocarbonyl (C=S) groups is 1. The number of nitrogens with zero attached hydrogens (tertiary/aromatic N) is 1. The van der Waals surface area contributed by atoms with Crippen molar-refractivity contribution in [3.8, 4) is 0 Å². The minimum atomic E-state index is 0.571. The van der Waals surface area contributed by atoms with Gasteiger partial charge in [-0.05, 0) is 18.1 Å². The van der Waals surface area contributed by atoms with E-state index in [-0.39, 0.29) is 0 Å². The van der Waals surface area contributed by atoms with Crippen molar-refractivity contribution in [2.75, 3.05) is 11.9 Å². The fourth-order valence-electron chi connectivity index (χ4n) is 1.27. The molecule has 0 aliphatic rings. The molecule has 1 nitrogen and oxygen atoms in total. The standard InChI is InChI=1S/C11H13NS2/c1-3-6-9-7-4-5-8-10(9)12(2)11(13)14/h3-5,7-8H,1,6H2,2H3,(H,13,14). The molecular formula is C11H13NS2. The van der Waals surface area contributed by atoms with Crippen molar-refractivity contribution < 1.29 is 0 Å². The van der Waals surface area contributed by atoms with E-state index in [9.17, 15) is 0 Å². The Labute approximate surface area is 95.8 Å². The molecule has 14 heavy (non-hydrogen) atoms. The molecular weight excluding hydrogens is 210 g/mol. The third-order valence-corrected chi connectivity index (χ3v) is 2.58. The van der Waals surface area contributed by atoms with Crippen molar-refractivity contribution in [2.45, 2.75) is 6.42 Å². The molecule has 0 saturated heterocycles. The predicted octanol–water partition coefficient (Wildman–Crippen LogP) is 3.07. The maximum atomic E-state index is 5.01. The highest BCUT2D eigenvalue weighted by molar-refractivity contribution is 8.11. The molecule has 0 amide bonds. The van der Waals surface area contributed by atoms with Crippen LogP contribution in [0.3, 0.4) is 0 Å². The molecule has 0 spiro atoms. The van der Waals surface area contributed by atoms with Gasteiger partial charge in [-0.15, -0.1) is 19.2 Å². The highest BCUT2D eigenvalue weighted by Crippen LogP contribution is 2.20. The number of rotatable bonds is 3. The number of anilines is 1. The molecule has 0 radical (unpaired) electrons. The first-order valence-corrected chi connectivity index (χ1v) is 5.18. The molecule has 74 valence electrons. The zero-order chi connectivity index (χ0) is 10.6. The van der Waals surface area contributed by atoms with Crippen LogP contribution < -0.4 is 4.90 Å². The lowest BCUT2D eigenvalue weighted by atomic mass is 10.1. The maximum Gasteiger partial charge on any atom is 0.137 e. The van der Waals surface area contributed by atoms with Gasteiger partial charge in [0.1, 0.15) is 4.32 Å². The Kier molecular flexibility index (Phi) is 4.17. The zero-order valence-electron chi connectivity index (χ0n) is 8.10. The largest absolute Gasteiger partial charge is 0.330 e. The molecule has 0 bridgehead atoms. The fraction of sp³-hybridized carbons (Fsp3) is 0.182. The highest BCUT2D eigenvalue weighted by Gasteiger charge is 2.06. The van der Waals surface area contributed by atoms with E-state index < -0.39 is 0 Å². The zero-order valence-corrected chi connectivity index (χ0v) is 9.81. The first-order chi connectivity index (χ1) is 6.66. The minimum absolute atomic E-state index is 0.571. The van der Waals surface area contributed by atoms with Crippen molar-refractivity contribution in [2.24, 2.45) is 0 Å². The van der Waals surface area contributed by atoms with Crippen LogP contribution in [0.5, 0.6) is 0 Å². The summed E-state index contributed by atoms with van der Waals surface area (Å²) in [5, 5.41) is 0. The van der Waals surface area contributed by atoms with Crippen LogP contribution in [0.4, 0.5) is 5.69 Å². The third-order valence-electron chi connectivity index (χ3n) is 2.00. The quantitative estimate of drug-likeness (QED) is 0.476. The lowest BCUT2D eigenvalue weighted by molar-refractivity contribution is 1.20. The number of para-hydroxylation sites is 1. The summed E-state index contributed by atoms with van der Waals surface area (Å²) in [6.07, 6.45) is 2.73. The van der Waals surface area contributed by atoms with Gasteiger partial charge in [0.25, 0.3) is 0 Å². The van der Waals surface area contributed by atoms with E-state index in [1.54, 1.807) is 0 Å². The van der Waals surface area contributed by atoms with Crippen LogP contribution in [0.2, 0.25) is 0 Å². The van der Waals surface area contributed by atoms with Crippen LogP contribution in [0.15, 0.2) is 36.9 Å². The molecule has 1 aromatic rings. The van der Waals surface area contributed by atoms with Crippen LogP contribution in [0, 0.1) is 0 Å². The van der Waals surface area contributed by atoms with Crippen LogP contribution in [-0.2, 0) is 6.42 Å². The number of benzene rings is 1. The van der Waals surface area contributed by atoms with E-state index in [1.807, 2.05) is 36.2 Å². The van der Waals surface area contributed by atoms with Gasteiger partial charge in [-0.2, -0.15) is 0 Å². The lowest BCUT2D eigenvalue weighted by Gasteiger charge is -2.19. The summed E-state index contributed by atoms with van der Waals surface area (Å²) in [7, 11) is 1.91. The van der Waals surface area contributed by atoms with Crippen molar-refractivity contribution in [1.29, 1.82) is 0 Å². The van der Waals surface area contributed by atoms with Crippen molar-refractivity contribution in [3.63, 3.8) is 0 Å². The summed E-state index contributed by atoms with van der Waals surface area (Å²) >= 11 is 9.16. The second-order valence-electron chi connectivity index (χ2n) is 2.96. The van der Waals surface area contributed by atoms with Gasteiger partial charge in [0.2, 0.25) is 0 Å². The Hall–Kier alpha value is -0.800. The minimum Gasteiger partial charge on any atom is -0.330 e. The highest BCUT2D eigenvalue weighted by atomic mass is 32.1. The average Bonchev–Trinajstić information content (AvgIpc) is 2.18. The summed E-state index contributed by atoms with van der Waals surface area (Å²) in [5.41, 5.74) is 2.30. The smallest absolute Gasteiger partial charge is 0.137 e. The van der Waals surface area contributed by atoms with Gasteiger partial charge in [0.15, 0.2) is 0 Å². The third kappa shape index (κ3) is 2.59. The maximum absolute atomic E-state index is 5.01. The number of hydrogen-bond donors (Lipinski definition) is 1. The molecule has 0 heterocycles. The Bertz CT molecular complexity index is 347. The van der Waals surface area contributed by atoms with Gasteiger partial charge < -0.3 is 4.90 Å². The van der Waals surface area contributed by atoms with Crippen molar-refractivity contribution in [1.82, 2.24) is 0 Å². The first kappa shape index (κ1) is 11.3. The second-order valence-corrected chi connectivity index (χ2v) is 4.08. The Morgan fingerprint density at radius 1 is 1.57 bits per heavy atom. The van der Waals surface area contributed by atoms with E-state index in [0.29, 0.717) is 4.32 Å². The molecule has 0 atom stereocenters. The number of thiol groups is 1. The van der Waals surface area contributed by atoms with Crippen LogP contribution in [0.1, 0.15) is 5.56 Å². The molecule has 0 unspecified atom stereocenters. The predicted molar refractivity (Wildman–Crippen MR) is 70.3 cm³/mol. The molecule has 1 rings (SSSR count). The van der Waals surface area contributed by atoms with Crippen molar-refractivity contribution >= 4 is 34.9 Å². The number of allylic oxidation sites excluding steroid dienone is 1. The van der Waals surface area contributed by atoms with Crippen LogP contribution >= 0.6 is 24.8 Å². The van der Waals surface area contributed by atoms with E-state index >= 15 is 0 Å². The summed E-state index contributed by atoms with van der Waals surface area (Å²) < 4.78 is 0.571. The summed E-state index contributed by atoms with van der Waals surface area (Å²) in [4.78, 5) is 1.89. The Balaban J connectivity index is 3.05. The molecule has 1 aromatic carbocycles. The molecule has 0 aliphatic heterocycles. The second kappa shape index (κ2) is 5.17.